The highest BCUT2D eigenvalue weighted by atomic mass is 32.1. The standard InChI is InChI=1S/C9H9F7O3S/c1-18-5(17)3-4(6(20)19-2)7(10,11)8(12,13)9(14,15)16/h4H,3H2,1-2H3. The van der Waals surface area contributed by atoms with Crippen molar-refractivity contribution in [1.29, 1.82) is 0 Å². The number of halogens is 7. The van der Waals surface area contributed by atoms with E-state index in [1.807, 2.05) is 0 Å². The van der Waals surface area contributed by atoms with E-state index < -0.39 is 41.4 Å². The second-order valence-electron chi connectivity index (χ2n) is 3.55. The van der Waals surface area contributed by atoms with Gasteiger partial charge in [0.05, 0.1) is 20.6 Å². The number of rotatable bonds is 5. The van der Waals surface area contributed by atoms with Crippen molar-refractivity contribution >= 4 is 23.2 Å². The first kappa shape index (κ1) is 18.9. The Kier molecular flexibility index (Phi) is 5.76. The van der Waals surface area contributed by atoms with Gasteiger partial charge in [-0.05, 0) is 12.2 Å². The molecule has 1 unspecified atom stereocenters. The van der Waals surface area contributed by atoms with Crippen molar-refractivity contribution in [3.8, 4) is 0 Å². The Balaban J connectivity index is 5.65. The lowest BCUT2D eigenvalue weighted by molar-refractivity contribution is -0.361. The second kappa shape index (κ2) is 6.10. The van der Waals surface area contributed by atoms with E-state index in [9.17, 15) is 35.5 Å². The van der Waals surface area contributed by atoms with Gasteiger partial charge in [-0.3, -0.25) is 4.79 Å². The van der Waals surface area contributed by atoms with Crippen molar-refractivity contribution in [3.05, 3.63) is 0 Å². The molecule has 0 spiro atoms. The summed E-state index contributed by atoms with van der Waals surface area (Å²) in [5.41, 5.74) is 0. The molecule has 118 valence electrons. The zero-order valence-electron chi connectivity index (χ0n) is 10.1. The van der Waals surface area contributed by atoms with E-state index >= 15 is 0 Å². The van der Waals surface area contributed by atoms with Crippen LogP contribution in [0.1, 0.15) is 6.42 Å². The topological polar surface area (TPSA) is 35.5 Å². The minimum absolute atomic E-state index is 0.703. The van der Waals surface area contributed by atoms with E-state index in [1.165, 1.54) is 0 Å². The van der Waals surface area contributed by atoms with E-state index in [1.54, 1.807) is 0 Å². The Labute approximate surface area is 114 Å². The zero-order valence-corrected chi connectivity index (χ0v) is 10.9. The Hall–Kier alpha value is -1.13. The first-order valence-corrected chi connectivity index (χ1v) is 5.20. The first-order valence-electron chi connectivity index (χ1n) is 4.80. The molecule has 0 rings (SSSR count). The van der Waals surface area contributed by atoms with E-state index in [0.29, 0.717) is 7.11 Å². The van der Waals surface area contributed by atoms with Crippen molar-refractivity contribution in [3.63, 3.8) is 0 Å². The molecule has 0 N–H and O–H groups in total. The number of hydrogen-bond acceptors (Lipinski definition) is 4. The maximum Gasteiger partial charge on any atom is 0.459 e. The van der Waals surface area contributed by atoms with Crippen molar-refractivity contribution in [1.82, 2.24) is 0 Å². The number of methoxy groups -OCH3 is 2. The third-order valence-corrected chi connectivity index (χ3v) is 2.75. The molecule has 1 atom stereocenters. The quantitative estimate of drug-likeness (QED) is 0.441. The van der Waals surface area contributed by atoms with E-state index in [4.69, 9.17) is 0 Å². The minimum atomic E-state index is -6.52. The van der Waals surface area contributed by atoms with Gasteiger partial charge in [0.1, 0.15) is 5.92 Å². The smallest absolute Gasteiger partial charge is 0.459 e. The monoisotopic (exact) mass is 330 g/mol. The molecule has 0 aromatic heterocycles. The van der Waals surface area contributed by atoms with Crippen LogP contribution in [0.2, 0.25) is 0 Å². The molecule has 3 nitrogen and oxygen atoms in total. The molecule has 0 aliphatic heterocycles. The molecule has 0 radical (unpaired) electrons. The number of thiocarbonyl (C=S) groups is 1. The third kappa shape index (κ3) is 3.49. The molecule has 0 aliphatic rings. The number of carbonyl (C=O) groups is 1. The fourth-order valence-corrected chi connectivity index (χ4v) is 1.39. The number of alkyl halides is 7. The second-order valence-corrected chi connectivity index (χ2v) is 3.95. The highest BCUT2D eigenvalue weighted by Gasteiger charge is 2.76. The fraction of sp³-hybridized carbons (Fsp3) is 0.778. The van der Waals surface area contributed by atoms with Gasteiger partial charge in [0, 0.05) is 0 Å². The summed E-state index contributed by atoms with van der Waals surface area (Å²) < 4.78 is 96.8. The van der Waals surface area contributed by atoms with Gasteiger partial charge < -0.3 is 9.47 Å². The van der Waals surface area contributed by atoms with Crippen molar-refractivity contribution < 1.29 is 45.0 Å². The normalized spacial score (nSPS) is 14.7. The van der Waals surface area contributed by atoms with Gasteiger partial charge in [-0.15, -0.1) is 0 Å². The summed E-state index contributed by atoms with van der Waals surface area (Å²) >= 11 is 4.17. The summed E-state index contributed by atoms with van der Waals surface area (Å²) in [7, 11) is 1.45. The van der Waals surface area contributed by atoms with Crippen LogP contribution in [0.4, 0.5) is 30.7 Å². The predicted molar refractivity (Wildman–Crippen MR) is 55.7 cm³/mol. The number of ether oxygens (including phenoxy) is 2. The van der Waals surface area contributed by atoms with Crippen molar-refractivity contribution in [2.24, 2.45) is 5.92 Å². The molecule has 20 heavy (non-hydrogen) atoms. The lowest BCUT2D eigenvalue weighted by Gasteiger charge is -2.33. The van der Waals surface area contributed by atoms with E-state index in [-0.39, 0.29) is 0 Å². The highest BCUT2D eigenvalue weighted by Crippen LogP contribution is 2.51. The number of esters is 1. The lowest BCUT2D eigenvalue weighted by Crippen LogP contribution is -2.57. The van der Waals surface area contributed by atoms with Crippen molar-refractivity contribution in [2.45, 2.75) is 24.4 Å². The Bertz CT molecular complexity index is 380. The van der Waals surface area contributed by atoms with Gasteiger partial charge in [0.25, 0.3) is 0 Å². The average molecular weight is 330 g/mol. The molecule has 0 aromatic rings. The lowest BCUT2D eigenvalue weighted by atomic mass is 9.92. The average Bonchev–Trinajstić information content (AvgIpc) is 2.32. The molecule has 0 fully saturated rings. The van der Waals surface area contributed by atoms with Crippen LogP contribution >= 0.6 is 12.2 Å². The van der Waals surface area contributed by atoms with Crippen LogP contribution in [0.25, 0.3) is 0 Å². The van der Waals surface area contributed by atoms with Crippen LogP contribution in [0, 0.1) is 5.92 Å². The van der Waals surface area contributed by atoms with E-state index in [0.717, 1.165) is 7.11 Å². The molecule has 0 amide bonds. The molecule has 0 heterocycles. The summed E-state index contributed by atoms with van der Waals surface area (Å²) in [6, 6.07) is 0. The van der Waals surface area contributed by atoms with Gasteiger partial charge in [-0.25, -0.2) is 0 Å². The highest BCUT2D eigenvalue weighted by molar-refractivity contribution is 7.80. The summed E-state index contributed by atoms with van der Waals surface area (Å²) in [4.78, 5) is 10.9. The molecule has 0 saturated heterocycles. The van der Waals surface area contributed by atoms with Crippen LogP contribution in [0.5, 0.6) is 0 Å². The largest absolute Gasteiger partial charge is 0.490 e. The van der Waals surface area contributed by atoms with Gasteiger partial charge in [-0.2, -0.15) is 30.7 Å². The molecule has 0 aliphatic carbocycles. The summed E-state index contributed by atoms with van der Waals surface area (Å²) in [5, 5.41) is -1.26. The van der Waals surface area contributed by atoms with Crippen LogP contribution < -0.4 is 0 Å². The summed E-state index contributed by atoms with van der Waals surface area (Å²) in [6.07, 6.45) is -8.00. The van der Waals surface area contributed by atoms with Crippen molar-refractivity contribution in [2.75, 3.05) is 14.2 Å². The zero-order chi connectivity index (χ0) is 16.4. The van der Waals surface area contributed by atoms with Gasteiger partial charge in [-0.1, -0.05) is 0 Å². The maximum absolute atomic E-state index is 13.5. The minimum Gasteiger partial charge on any atom is -0.490 e. The first-order chi connectivity index (χ1) is 8.82. The molecular weight excluding hydrogens is 321 g/mol. The molecule has 0 aromatic carbocycles. The number of hydrogen-bond donors (Lipinski definition) is 0. The number of carbonyl (C=O) groups excluding carboxylic acids is 1. The Morgan fingerprint density at radius 2 is 1.50 bits per heavy atom. The summed E-state index contributed by atoms with van der Waals surface area (Å²) in [6.45, 7) is 0. The van der Waals surface area contributed by atoms with Crippen LogP contribution in [0.15, 0.2) is 0 Å². The van der Waals surface area contributed by atoms with Gasteiger partial charge in [0.15, 0.2) is 5.05 Å². The Morgan fingerprint density at radius 1 is 1.05 bits per heavy atom. The fourth-order valence-electron chi connectivity index (χ4n) is 1.16. The van der Waals surface area contributed by atoms with Crippen LogP contribution in [-0.4, -0.2) is 43.3 Å². The molecule has 0 saturated carbocycles. The molecule has 11 heteroatoms. The predicted octanol–water partition coefficient (Wildman–Crippen LogP) is 2.97. The molecular formula is C9H9F7O3S. The Morgan fingerprint density at radius 3 is 1.80 bits per heavy atom. The van der Waals surface area contributed by atoms with Gasteiger partial charge >= 0.3 is 24.0 Å². The van der Waals surface area contributed by atoms with E-state index in [2.05, 4.69) is 21.7 Å². The summed E-state index contributed by atoms with van der Waals surface area (Å²) in [5.74, 6) is -16.5. The SMILES string of the molecule is COC(=O)CC(C(=S)OC)C(F)(F)C(F)(F)C(F)(F)F. The van der Waals surface area contributed by atoms with Crippen LogP contribution in [0.3, 0.4) is 0 Å². The maximum atomic E-state index is 13.5. The molecule has 0 bridgehead atoms. The third-order valence-electron chi connectivity index (χ3n) is 2.30. The van der Waals surface area contributed by atoms with Crippen LogP contribution in [-0.2, 0) is 14.3 Å². The van der Waals surface area contributed by atoms with Gasteiger partial charge in [0.2, 0.25) is 0 Å².